The van der Waals surface area contributed by atoms with Crippen molar-refractivity contribution in [2.24, 2.45) is 11.8 Å². The SMILES string of the molecule is Cc1cc([C@H]2CC[C@H](C(=O)NCC3CC3)CN2C(=O)NCc2ccccc2)ccc1F. The molecule has 1 aliphatic carbocycles. The third-order valence-electron chi connectivity index (χ3n) is 6.33. The van der Waals surface area contributed by atoms with Crippen molar-refractivity contribution in [3.8, 4) is 0 Å². The highest BCUT2D eigenvalue weighted by atomic mass is 19.1. The highest BCUT2D eigenvalue weighted by molar-refractivity contribution is 5.81. The van der Waals surface area contributed by atoms with Gasteiger partial charge in [0.15, 0.2) is 0 Å². The Morgan fingerprint density at radius 2 is 1.81 bits per heavy atom. The Kier molecular flexibility index (Phi) is 6.54. The second-order valence-corrected chi connectivity index (χ2v) is 8.78. The van der Waals surface area contributed by atoms with Crippen LogP contribution in [-0.4, -0.2) is 29.9 Å². The maximum absolute atomic E-state index is 13.8. The first kappa shape index (κ1) is 21.3. The molecule has 0 bridgehead atoms. The maximum Gasteiger partial charge on any atom is 0.318 e. The number of aryl methyl sites for hydroxylation is 1. The van der Waals surface area contributed by atoms with E-state index in [1.165, 1.54) is 18.9 Å². The fourth-order valence-electron chi connectivity index (χ4n) is 4.22. The second-order valence-electron chi connectivity index (χ2n) is 8.78. The van der Waals surface area contributed by atoms with E-state index in [4.69, 9.17) is 0 Å². The summed E-state index contributed by atoms with van der Waals surface area (Å²) in [5.74, 6) is 0.172. The number of rotatable bonds is 6. The van der Waals surface area contributed by atoms with E-state index in [1.54, 1.807) is 17.9 Å². The summed E-state index contributed by atoms with van der Waals surface area (Å²) in [5, 5.41) is 6.05. The van der Waals surface area contributed by atoms with Crippen LogP contribution >= 0.6 is 0 Å². The van der Waals surface area contributed by atoms with Gasteiger partial charge in [-0.1, -0.05) is 42.5 Å². The summed E-state index contributed by atoms with van der Waals surface area (Å²) in [5.41, 5.74) is 2.48. The van der Waals surface area contributed by atoms with E-state index >= 15 is 0 Å². The molecule has 4 rings (SSSR count). The molecule has 164 valence electrons. The molecule has 1 saturated heterocycles. The van der Waals surface area contributed by atoms with Crippen LogP contribution in [0.25, 0.3) is 0 Å². The molecule has 2 aliphatic rings. The monoisotopic (exact) mass is 423 g/mol. The Morgan fingerprint density at radius 3 is 2.52 bits per heavy atom. The van der Waals surface area contributed by atoms with Crippen LogP contribution in [0.15, 0.2) is 48.5 Å². The van der Waals surface area contributed by atoms with Crippen molar-refractivity contribution in [1.82, 2.24) is 15.5 Å². The summed E-state index contributed by atoms with van der Waals surface area (Å²) in [6, 6.07) is 14.4. The second kappa shape index (κ2) is 9.50. The first-order valence-electron chi connectivity index (χ1n) is 11.1. The number of nitrogens with zero attached hydrogens (tertiary/aromatic N) is 1. The number of likely N-dealkylation sites (tertiary alicyclic amines) is 1. The maximum atomic E-state index is 13.8. The zero-order valence-electron chi connectivity index (χ0n) is 17.9. The third kappa shape index (κ3) is 5.43. The van der Waals surface area contributed by atoms with Crippen LogP contribution in [0.4, 0.5) is 9.18 Å². The standard InChI is InChI=1S/C25H30FN3O2/c1-17-13-20(9-11-22(17)26)23-12-10-21(24(30)27-14-19-7-8-19)16-29(23)25(31)28-15-18-5-3-2-4-6-18/h2-6,9,11,13,19,21,23H,7-8,10,12,14-16H2,1H3,(H,27,30)(H,28,31)/t21-,23+/m0/s1. The van der Waals surface area contributed by atoms with Gasteiger partial charge < -0.3 is 15.5 Å². The van der Waals surface area contributed by atoms with Gasteiger partial charge in [-0.3, -0.25) is 4.79 Å². The molecular weight excluding hydrogens is 393 g/mol. The van der Waals surface area contributed by atoms with Crippen LogP contribution in [0, 0.1) is 24.6 Å². The minimum atomic E-state index is -0.253. The minimum Gasteiger partial charge on any atom is -0.356 e. The van der Waals surface area contributed by atoms with Crippen LogP contribution in [0.3, 0.4) is 0 Å². The molecule has 31 heavy (non-hydrogen) atoms. The average molecular weight is 424 g/mol. The fourth-order valence-corrected chi connectivity index (χ4v) is 4.22. The van der Waals surface area contributed by atoms with Gasteiger partial charge in [0.2, 0.25) is 5.91 Å². The van der Waals surface area contributed by atoms with E-state index < -0.39 is 0 Å². The average Bonchev–Trinajstić information content (AvgIpc) is 3.62. The third-order valence-corrected chi connectivity index (χ3v) is 6.33. The van der Waals surface area contributed by atoms with E-state index in [0.717, 1.165) is 17.7 Å². The lowest BCUT2D eigenvalue weighted by molar-refractivity contribution is -0.126. The highest BCUT2D eigenvalue weighted by Crippen LogP contribution is 2.35. The number of benzene rings is 2. The molecule has 0 aromatic heterocycles. The van der Waals surface area contributed by atoms with Crippen molar-refractivity contribution in [1.29, 1.82) is 0 Å². The molecule has 2 fully saturated rings. The molecule has 1 aliphatic heterocycles. The van der Waals surface area contributed by atoms with Crippen LogP contribution in [-0.2, 0) is 11.3 Å². The number of hydrogen-bond donors (Lipinski definition) is 2. The first-order chi connectivity index (χ1) is 15.0. The van der Waals surface area contributed by atoms with Gasteiger partial charge in [-0.05, 0) is 61.3 Å². The number of urea groups is 1. The van der Waals surface area contributed by atoms with Crippen LogP contribution < -0.4 is 10.6 Å². The Labute approximate surface area is 183 Å². The molecule has 1 saturated carbocycles. The lowest BCUT2D eigenvalue weighted by Crippen LogP contribution is -2.50. The van der Waals surface area contributed by atoms with Gasteiger partial charge in [-0.25, -0.2) is 9.18 Å². The summed E-state index contributed by atoms with van der Waals surface area (Å²) in [4.78, 5) is 27.6. The lowest BCUT2D eigenvalue weighted by Gasteiger charge is -2.39. The van der Waals surface area contributed by atoms with E-state index in [2.05, 4.69) is 10.6 Å². The Hall–Kier alpha value is -2.89. The van der Waals surface area contributed by atoms with E-state index in [1.807, 2.05) is 36.4 Å². The van der Waals surface area contributed by atoms with Crippen LogP contribution in [0.2, 0.25) is 0 Å². The smallest absolute Gasteiger partial charge is 0.318 e. The van der Waals surface area contributed by atoms with Crippen molar-refractivity contribution in [3.63, 3.8) is 0 Å². The van der Waals surface area contributed by atoms with Crippen molar-refractivity contribution >= 4 is 11.9 Å². The van der Waals surface area contributed by atoms with E-state index in [0.29, 0.717) is 37.4 Å². The summed E-state index contributed by atoms with van der Waals surface area (Å²) in [7, 11) is 0. The van der Waals surface area contributed by atoms with Crippen molar-refractivity contribution in [2.45, 2.75) is 45.2 Å². The number of amides is 3. The molecule has 0 radical (unpaired) electrons. The minimum absolute atomic E-state index is 0.0292. The number of carbonyl (C=O) groups excluding carboxylic acids is 2. The van der Waals surface area contributed by atoms with E-state index in [9.17, 15) is 14.0 Å². The predicted octanol–water partition coefficient (Wildman–Crippen LogP) is 4.32. The molecule has 1 heterocycles. The van der Waals surface area contributed by atoms with Gasteiger partial charge in [0.25, 0.3) is 0 Å². The number of halogens is 1. The molecule has 2 N–H and O–H groups in total. The quantitative estimate of drug-likeness (QED) is 0.727. The topological polar surface area (TPSA) is 61.4 Å². The predicted molar refractivity (Wildman–Crippen MR) is 118 cm³/mol. The van der Waals surface area contributed by atoms with E-state index in [-0.39, 0.29) is 29.7 Å². The highest BCUT2D eigenvalue weighted by Gasteiger charge is 2.36. The molecule has 2 atom stereocenters. The van der Waals surface area contributed by atoms with Crippen molar-refractivity contribution in [3.05, 3.63) is 71.0 Å². The van der Waals surface area contributed by atoms with Crippen LogP contribution in [0.5, 0.6) is 0 Å². The Balaban J connectivity index is 1.48. The summed E-state index contributed by atoms with van der Waals surface area (Å²) < 4.78 is 13.8. The van der Waals surface area contributed by atoms with Gasteiger partial charge >= 0.3 is 6.03 Å². The molecule has 0 unspecified atom stereocenters. The normalized spacial score (nSPS) is 20.9. The number of piperidine rings is 1. The Bertz CT molecular complexity index is 930. The van der Waals surface area contributed by atoms with Crippen molar-refractivity contribution in [2.75, 3.05) is 13.1 Å². The summed E-state index contributed by atoms with van der Waals surface area (Å²) in [6.07, 6.45) is 3.75. The summed E-state index contributed by atoms with van der Waals surface area (Å²) >= 11 is 0. The van der Waals surface area contributed by atoms with Gasteiger partial charge in [0, 0.05) is 19.6 Å². The number of carbonyl (C=O) groups is 2. The van der Waals surface area contributed by atoms with Gasteiger partial charge in [0.1, 0.15) is 5.82 Å². The largest absolute Gasteiger partial charge is 0.356 e. The lowest BCUT2D eigenvalue weighted by atomic mass is 9.88. The molecule has 6 heteroatoms. The molecule has 3 amide bonds. The molecular formula is C25H30FN3O2. The fraction of sp³-hybridized carbons (Fsp3) is 0.440. The zero-order valence-corrected chi connectivity index (χ0v) is 17.9. The molecule has 0 spiro atoms. The van der Waals surface area contributed by atoms with Gasteiger partial charge in [-0.15, -0.1) is 0 Å². The zero-order chi connectivity index (χ0) is 21.8. The summed E-state index contributed by atoms with van der Waals surface area (Å²) in [6.45, 7) is 3.24. The Morgan fingerprint density at radius 1 is 1.03 bits per heavy atom. The molecule has 2 aromatic carbocycles. The number of hydrogen-bond acceptors (Lipinski definition) is 2. The molecule has 5 nitrogen and oxygen atoms in total. The van der Waals surface area contributed by atoms with Crippen molar-refractivity contribution < 1.29 is 14.0 Å². The molecule has 2 aromatic rings. The first-order valence-corrected chi connectivity index (χ1v) is 11.1. The number of nitrogens with one attached hydrogen (secondary N) is 2. The van der Waals surface area contributed by atoms with Crippen LogP contribution in [0.1, 0.15) is 48.4 Å². The van der Waals surface area contributed by atoms with Gasteiger partial charge in [0.05, 0.1) is 12.0 Å². The van der Waals surface area contributed by atoms with Gasteiger partial charge in [-0.2, -0.15) is 0 Å².